The monoisotopic (exact) mass is 386 g/mol. The zero-order valence-electron chi connectivity index (χ0n) is 15.6. The molecule has 0 saturated heterocycles. The largest absolute Gasteiger partial charge is 0.504 e. The van der Waals surface area contributed by atoms with E-state index in [-0.39, 0.29) is 17.2 Å². The minimum absolute atomic E-state index is 0.0786. The van der Waals surface area contributed by atoms with Gasteiger partial charge in [0, 0.05) is 10.9 Å². The summed E-state index contributed by atoms with van der Waals surface area (Å²) < 4.78 is 5.15. The Morgan fingerprint density at radius 2 is 1.72 bits per heavy atom. The summed E-state index contributed by atoms with van der Waals surface area (Å²) in [6.07, 6.45) is 0. The van der Waals surface area contributed by atoms with Crippen LogP contribution in [0.5, 0.6) is 11.5 Å². The summed E-state index contributed by atoms with van der Waals surface area (Å²) in [5, 5.41) is 13.1. The van der Waals surface area contributed by atoms with E-state index in [0.29, 0.717) is 16.5 Å². The summed E-state index contributed by atoms with van der Waals surface area (Å²) >= 11 is 0. The van der Waals surface area contributed by atoms with Crippen LogP contribution in [0.15, 0.2) is 77.6 Å². The van der Waals surface area contributed by atoms with Gasteiger partial charge in [0.2, 0.25) is 0 Å². The molecule has 0 fully saturated rings. The van der Waals surface area contributed by atoms with Crippen LogP contribution in [-0.4, -0.2) is 23.1 Å². The third-order valence-electron chi connectivity index (χ3n) is 4.64. The lowest BCUT2D eigenvalue weighted by Crippen LogP contribution is -2.20. The second kappa shape index (κ2) is 7.52. The van der Waals surface area contributed by atoms with Crippen molar-refractivity contribution in [3.05, 3.63) is 88.7 Å². The molecular formula is C23H18N2O4. The number of rotatable bonds is 4. The lowest BCUT2D eigenvalue weighted by atomic mass is 10.0. The molecule has 3 aromatic carbocycles. The zero-order chi connectivity index (χ0) is 20.4. The number of phenols is 1. The van der Waals surface area contributed by atoms with Gasteiger partial charge in [-0.3, -0.25) is 9.59 Å². The molecule has 1 aromatic heterocycles. The van der Waals surface area contributed by atoms with Gasteiger partial charge in [-0.15, -0.1) is 0 Å². The number of fused-ring (bicyclic) bond motifs is 1. The first-order chi connectivity index (χ1) is 14.1. The van der Waals surface area contributed by atoms with Crippen LogP contribution in [0.25, 0.3) is 22.0 Å². The van der Waals surface area contributed by atoms with E-state index in [1.54, 1.807) is 30.3 Å². The number of aromatic hydroxyl groups is 1. The molecule has 0 aliphatic carbocycles. The summed E-state index contributed by atoms with van der Waals surface area (Å²) in [6, 6.07) is 21.6. The Morgan fingerprint density at radius 3 is 2.48 bits per heavy atom. The van der Waals surface area contributed by atoms with Crippen LogP contribution < -0.4 is 15.6 Å². The van der Waals surface area contributed by atoms with Gasteiger partial charge in [-0.05, 0) is 41.5 Å². The Hall–Kier alpha value is -4.06. The molecule has 0 aliphatic heterocycles. The molecule has 0 unspecified atom stereocenters. The van der Waals surface area contributed by atoms with Gasteiger partial charge in [0.1, 0.15) is 5.69 Å². The molecule has 4 rings (SSSR count). The van der Waals surface area contributed by atoms with Crippen molar-refractivity contribution in [3.63, 3.8) is 0 Å². The Morgan fingerprint density at radius 1 is 0.966 bits per heavy atom. The summed E-state index contributed by atoms with van der Waals surface area (Å²) in [5.74, 6) is -0.295. The predicted molar refractivity (Wildman–Crippen MR) is 113 cm³/mol. The zero-order valence-corrected chi connectivity index (χ0v) is 15.6. The lowest BCUT2D eigenvalue weighted by Gasteiger charge is -2.10. The molecule has 1 heterocycles. The molecular weight excluding hydrogens is 368 g/mol. The third kappa shape index (κ3) is 3.55. The van der Waals surface area contributed by atoms with Gasteiger partial charge in [-0.1, -0.05) is 42.5 Å². The smallest absolute Gasteiger partial charge is 0.272 e. The molecule has 144 valence electrons. The molecule has 0 radical (unpaired) electrons. The maximum atomic E-state index is 12.7. The summed E-state index contributed by atoms with van der Waals surface area (Å²) in [7, 11) is 1.40. The first-order valence-electron chi connectivity index (χ1n) is 8.96. The quantitative estimate of drug-likeness (QED) is 0.491. The molecule has 0 saturated carbocycles. The van der Waals surface area contributed by atoms with Crippen LogP contribution in [0.4, 0.5) is 5.69 Å². The third-order valence-corrected chi connectivity index (χ3v) is 4.64. The highest BCUT2D eigenvalue weighted by Gasteiger charge is 2.14. The highest BCUT2D eigenvalue weighted by molar-refractivity contribution is 6.05. The average Bonchev–Trinajstić information content (AvgIpc) is 2.75. The van der Waals surface area contributed by atoms with Gasteiger partial charge >= 0.3 is 0 Å². The maximum Gasteiger partial charge on any atom is 0.272 e. The van der Waals surface area contributed by atoms with E-state index in [1.165, 1.54) is 13.2 Å². The van der Waals surface area contributed by atoms with Gasteiger partial charge in [0.15, 0.2) is 11.5 Å². The number of amides is 1. The Balaban J connectivity index is 1.67. The first kappa shape index (κ1) is 18.3. The number of pyridine rings is 1. The molecule has 4 aromatic rings. The van der Waals surface area contributed by atoms with E-state index in [1.807, 2.05) is 36.4 Å². The SMILES string of the molecule is COc1c(O)ccc2cc(NC(=O)c3cccc(-c4ccccc4)c3)c(=O)[nH]c12. The molecule has 0 bridgehead atoms. The fraction of sp³-hybridized carbons (Fsp3) is 0.0435. The van der Waals surface area contributed by atoms with Crippen molar-refractivity contribution in [1.29, 1.82) is 0 Å². The minimum atomic E-state index is -0.492. The Kier molecular flexibility index (Phi) is 4.75. The number of aromatic amines is 1. The number of anilines is 1. The number of H-pyrrole nitrogens is 1. The second-order valence-corrected chi connectivity index (χ2v) is 6.50. The minimum Gasteiger partial charge on any atom is -0.504 e. The van der Waals surface area contributed by atoms with E-state index >= 15 is 0 Å². The second-order valence-electron chi connectivity index (χ2n) is 6.50. The molecule has 0 atom stereocenters. The van der Waals surface area contributed by atoms with Gasteiger partial charge in [0.25, 0.3) is 11.5 Å². The Labute approximate surface area is 166 Å². The number of aromatic nitrogens is 1. The van der Waals surface area contributed by atoms with Crippen molar-refractivity contribution in [2.75, 3.05) is 12.4 Å². The van der Waals surface area contributed by atoms with Crippen LogP contribution in [0.1, 0.15) is 10.4 Å². The van der Waals surface area contributed by atoms with Crippen LogP contribution in [0.2, 0.25) is 0 Å². The number of hydrogen-bond acceptors (Lipinski definition) is 4. The molecule has 0 aliphatic rings. The van der Waals surface area contributed by atoms with E-state index in [0.717, 1.165) is 11.1 Å². The number of ether oxygens (including phenoxy) is 1. The fourth-order valence-electron chi connectivity index (χ4n) is 3.20. The normalized spacial score (nSPS) is 10.7. The molecule has 1 amide bonds. The van der Waals surface area contributed by atoms with Crippen LogP contribution >= 0.6 is 0 Å². The summed E-state index contributed by atoms with van der Waals surface area (Å²) in [4.78, 5) is 27.9. The maximum absolute atomic E-state index is 12.7. The topological polar surface area (TPSA) is 91.4 Å². The van der Waals surface area contributed by atoms with Crippen molar-refractivity contribution in [2.45, 2.75) is 0 Å². The summed E-state index contributed by atoms with van der Waals surface area (Å²) in [6.45, 7) is 0. The first-order valence-corrected chi connectivity index (χ1v) is 8.96. The molecule has 6 nitrogen and oxygen atoms in total. The number of phenolic OH excluding ortho intramolecular Hbond substituents is 1. The number of benzene rings is 3. The molecule has 29 heavy (non-hydrogen) atoms. The van der Waals surface area contributed by atoms with Crippen molar-refractivity contribution in [3.8, 4) is 22.6 Å². The standard InChI is InChI=1S/C23H18N2O4/c1-29-21-19(26)11-10-16-13-18(23(28)25-20(16)21)24-22(27)17-9-5-8-15(12-17)14-6-3-2-4-7-14/h2-13,26H,1H3,(H,24,27)(H,25,28). The molecule has 3 N–H and O–H groups in total. The number of hydrogen-bond donors (Lipinski definition) is 3. The highest BCUT2D eigenvalue weighted by Crippen LogP contribution is 2.33. The van der Waals surface area contributed by atoms with E-state index in [4.69, 9.17) is 4.74 Å². The Bertz CT molecular complexity index is 1260. The van der Waals surface area contributed by atoms with Crippen LogP contribution in [-0.2, 0) is 0 Å². The number of carbonyl (C=O) groups is 1. The van der Waals surface area contributed by atoms with Crippen LogP contribution in [0.3, 0.4) is 0 Å². The highest BCUT2D eigenvalue weighted by atomic mass is 16.5. The average molecular weight is 386 g/mol. The predicted octanol–water partition coefficient (Wildman–Crippen LogP) is 4.16. The van der Waals surface area contributed by atoms with Crippen molar-refractivity contribution in [2.24, 2.45) is 0 Å². The molecule has 0 spiro atoms. The number of nitrogens with one attached hydrogen (secondary N) is 2. The van der Waals surface area contributed by atoms with E-state index < -0.39 is 11.5 Å². The molecule has 6 heteroatoms. The van der Waals surface area contributed by atoms with Gasteiger partial charge in [-0.25, -0.2) is 0 Å². The lowest BCUT2D eigenvalue weighted by molar-refractivity contribution is 0.102. The van der Waals surface area contributed by atoms with Gasteiger partial charge < -0.3 is 20.1 Å². The van der Waals surface area contributed by atoms with Crippen molar-refractivity contribution in [1.82, 2.24) is 4.98 Å². The van der Waals surface area contributed by atoms with Gasteiger partial charge in [0.05, 0.1) is 12.6 Å². The number of methoxy groups -OCH3 is 1. The van der Waals surface area contributed by atoms with E-state index in [9.17, 15) is 14.7 Å². The summed E-state index contributed by atoms with van der Waals surface area (Å²) in [5.41, 5.74) is 2.33. The van der Waals surface area contributed by atoms with Crippen LogP contribution in [0, 0.1) is 0 Å². The van der Waals surface area contributed by atoms with Crippen molar-refractivity contribution >= 4 is 22.5 Å². The number of carbonyl (C=O) groups excluding carboxylic acids is 1. The van der Waals surface area contributed by atoms with Crippen molar-refractivity contribution < 1.29 is 14.6 Å². The van der Waals surface area contributed by atoms with Gasteiger partial charge in [-0.2, -0.15) is 0 Å². The van der Waals surface area contributed by atoms with E-state index in [2.05, 4.69) is 10.3 Å². The fourth-order valence-corrected chi connectivity index (χ4v) is 3.20.